The summed E-state index contributed by atoms with van der Waals surface area (Å²) in [7, 11) is 0. The number of nitrogens with one attached hydrogen (secondary N) is 2. The number of aromatic hydroxyl groups is 1. The fraction of sp³-hybridized carbons (Fsp3) is 0.280. The van der Waals surface area contributed by atoms with Gasteiger partial charge in [0.05, 0.1) is 15.7 Å². The summed E-state index contributed by atoms with van der Waals surface area (Å²) < 4.78 is 2.22. The van der Waals surface area contributed by atoms with Crippen molar-refractivity contribution in [1.29, 1.82) is 0 Å². The molecule has 0 bridgehead atoms. The van der Waals surface area contributed by atoms with Gasteiger partial charge in [0.25, 0.3) is 0 Å². The minimum atomic E-state index is 0.238. The van der Waals surface area contributed by atoms with Gasteiger partial charge in [-0.15, -0.1) is 0 Å². The second kappa shape index (κ2) is 9.59. The smallest absolute Gasteiger partial charge is 0.224 e. The van der Waals surface area contributed by atoms with E-state index in [1.165, 1.54) is 0 Å². The largest absolute Gasteiger partial charge is 0.508 e. The third-order valence-corrected chi connectivity index (χ3v) is 6.68. The van der Waals surface area contributed by atoms with Gasteiger partial charge in [0, 0.05) is 30.2 Å². The van der Waals surface area contributed by atoms with E-state index < -0.39 is 0 Å². The van der Waals surface area contributed by atoms with E-state index in [0.717, 1.165) is 60.3 Å². The van der Waals surface area contributed by atoms with Crippen LogP contribution in [0.25, 0.3) is 22.3 Å². The standard InChI is InChI=1S/C25H25Cl2N5O/c26-20-7-2-8-21(27)23(20)22-11-18-14-30-25(29-13-16-4-1-6-19(33)10-16)31-24(18)32(22)15-17-5-3-9-28-12-17/h1-2,4,6-8,10-11,14,17,28,33H,3,5,9,12-13,15H2,(H,29,30,31). The molecule has 1 atom stereocenters. The molecule has 5 rings (SSSR count). The quantitative estimate of drug-likeness (QED) is 0.328. The zero-order valence-corrected chi connectivity index (χ0v) is 19.6. The number of rotatable bonds is 6. The lowest BCUT2D eigenvalue weighted by Gasteiger charge is -2.24. The molecule has 1 aliphatic rings. The predicted octanol–water partition coefficient (Wildman–Crippen LogP) is 5.72. The van der Waals surface area contributed by atoms with Gasteiger partial charge in [-0.3, -0.25) is 0 Å². The van der Waals surface area contributed by atoms with E-state index in [-0.39, 0.29) is 5.75 Å². The lowest BCUT2D eigenvalue weighted by molar-refractivity contribution is 0.341. The lowest BCUT2D eigenvalue weighted by Crippen LogP contribution is -2.32. The molecule has 0 radical (unpaired) electrons. The third-order valence-electron chi connectivity index (χ3n) is 6.05. The molecule has 3 N–H and O–H groups in total. The first-order valence-electron chi connectivity index (χ1n) is 11.1. The van der Waals surface area contributed by atoms with Gasteiger partial charge in [-0.25, -0.2) is 4.98 Å². The third kappa shape index (κ3) is 4.78. The van der Waals surface area contributed by atoms with E-state index in [2.05, 4.69) is 26.3 Å². The van der Waals surface area contributed by atoms with Gasteiger partial charge >= 0.3 is 0 Å². The molecule has 0 spiro atoms. The van der Waals surface area contributed by atoms with Crippen molar-refractivity contribution in [3.05, 3.63) is 70.3 Å². The van der Waals surface area contributed by atoms with Crippen molar-refractivity contribution in [2.24, 2.45) is 5.92 Å². The second-order valence-corrected chi connectivity index (χ2v) is 9.26. The summed E-state index contributed by atoms with van der Waals surface area (Å²) in [5.74, 6) is 1.26. The fourth-order valence-corrected chi connectivity index (χ4v) is 5.04. The maximum atomic E-state index is 9.71. The first-order chi connectivity index (χ1) is 16.1. The molecule has 1 fully saturated rings. The molecule has 2 aromatic heterocycles. The normalized spacial score (nSPS) is 16.2. The van der Waals surface area contributed by atoms with Crippen LogP contribution in [0, 0.1) is 5.92 Å². The predicted molar refractivity (Wildman–Crippen MR) is 134 cm³/mol. The zero-order chi connectivity index (χ0) is 22.8. The Morgan fingerprint density at radius 2 is 1.94 bits per heavy atom. The molecule has 3 heterocycles. The van der Waals surface area contributed by atoms with Gasteiger partial charge in [-0.2, -0.15) is 4.98 Å². The topological polar surface area (TPSA) is 75.0 Å². The monoisotopic (exact) mass is 481 g/mol. The summed E-state index contributed by atoms with van der Waals surface area (Å²) in [4.78, 5) is 9.36. The van der Waals surface area contributed by atoms with Crippen LogP contribution < -0.4 is 10.6 Å². The van der Waals surface area contributed by atoms with Gasteiger partial charge in [-0.05, 0) is 67.7 Å². The Bertz CT molecular complexity index is 1260. The molecule has 1 saturated heterocycles. The van der Waals surface area contributed by atoms with Crippen LogP contribution in [0.5, 0.6) is 5.75 Å². The number of halogens is 2. The van der Waals surface area contributed by atoms with Gasteiger partial charge in [0.2, 0.25) is 5.95 Å². The molecule has 1 unspecified atom stereocenters. The highest BCUT2D eigenvalue weighted by atomic mass is 35.5. The SMILES string of the molecule is Oc1cccc(CNc2ncc3cc(-c4c(Cl)cccc4Cl)n(CC4CCCNC4)c3n2)c1. The molecular weight excluding hydrogens is 457 g/mol. The van der Waals surface area contributed by atoms with Crippen molar-refractivity contribution in [3.63, 3.8) is 0 Å². The van der Waals surface area contributed by atoms with E-state index in [1.54, 1.807) is 12.1 Å². The number of benzene rings is 2. The van der Waals surface area contributed by atoms with Crippen LogP contribution in [-0.2, 0) is 13.1 Å². The second-order valence-electron chi connectivity index (χ2n) is 8.45. The molecule has 4 aromatic rings. The molecule has 0 aliphatic carbocycles. The number of hydrogen-bond acceptors (Lipinski definition) is 5. The zero-order valence-electron chi connectivity index (χ0n) is 18.1. The first-order valence-corrected chi connectivity index (χ1v) is 11.9. The number of phenols is 1. The van der Waals surface area contributed by atoms with Crippen LogP contribution in [0.15, 0.2) is 54.7 Å². The van der Waals surface area contributed by atoms with Crippen LogP contribution in [-0.4, -0.2) is 32.7 Å². The highest BCUT2D eigenvalue weighted by Gasteiger charge is 2.21. The number of fused-ring (bicyclic) bond motifs is 1. The summed E-state index contributed by atoms with van der Waals surface area (Å²) >= 11 is 13.2. The highest BCUT2D eigenvalue weighted by molar-refractivity contribution is 6.39. The van der Waals surface area contributed by atoms with Crippen molar-refractivity contribution in [1.82, 2.24) is 19.9 Å². The Labute approximate surface area is 202 Å². The average Bonchev–Trinajstić information content (AvgIpc) is 3.15. The molecule has 170 valence electrons. The van der Waals surface area contributed by atoms with E-state index in [1.807, 2.05) is 36.5 Å². The van der Waals surface area contributed by atoms with Crippen LogP contribution in [0.3, 0.4) is 0 Å². The Morgan fingerprint density at radius 1 is 1.12 bits per heavy atom. The van der Waals surface area contributed by atoms with Gasteiger partial charge < -0.3 is 20.3 Å². The molecule has 0 saturated carbocycles. The van der Waals surface area contributed by atoms with Gasteiger partial charge in [0.1, 0.15) is 11.4 Å². The molecule has 2 aromatic carbocycles. The van der Waals surface area contributed by atoms with Gasteiger partial charge in [-0.1, -0.05) is 41.4 Å². The maximum Gasteiger partial charge on any atom is 0.224 e. The Kier molecular flexibility index (Phi) is 6.40. The number of aromatic nitrogens is 3. The summed E-state index contributed by atoms with van der Waals surface area (Å²) in [5.41, 5.74) is 3.56. The van der Waals surface area contributed by atoms with Crippen LogP contribution in [0.4, 0.5) is 5.95 Å². The van der Waals surface area contributed by atoms with Crippen molar-refractivity contribution in [2.75, 3.05) is 18.4 Å². The Balaban J connectivity index is 1.54. The summed E-state index contributed by atoms with van der Waals surface area (Å²) in [6.45, 7) is 3.37. The Morgan fingerprint density at radius 3 is 2.70 bits per heavy atom. The van der Waals surface area contributed by atoms with Crippen LogP contribution in [0.2, 0.25) is 10.0 Å². The van der Waals surface area contributed by atoms with E-state index in [0.29, 0.717) is 28.5 Å². The number of phenolic OH excluding ortho intramolecular Hbond substituents is 1. The molecular formula is C25H25Cl2N5O. The van der Waals surface area contributed by atoms with Crippen molar-refractivity contribution < 1.29 is 5.11 Å². The summed E-state index contributed by atoms with van der Waals surface area (Å²) in [6, 6.07) is 14.8. The highest BCUT2D eigenvalue weighted by Crippen LogP contribution is 2.38. The minimum Gasteiger partial charge on any atom is -0.508 e. The van der Waals surface area contributed by atoms with E-state index in [4.69, 9.17) is 28.2 Å². The summed E-state index contributed by atoms with van der Waals surface area (Å²) in [6.07, 6.45) is 4.16. The van der Waals surface area contributed by atoms with Crippen molar-refractivity contribution >= 4 is 40.2 Å². The summed E-state index contributed by atoms with van der Waals surface area (Å²) in [5, 5.41) is 18.6. The average molecular weight is 482 g/mol. The van der Waals surface area contributed by atoms with E-state index in [9.17, 15) is 5.11 Å². The Hall–Kier alpha value is -2.80. The van der Waals surface area contributed by atoms with Crippen LogP contribution >= 0.6 is 23.2 Å². The van der Waals surface area contributed by atoms with Crippen LogP contribution in [0.1, 0.15) is 18.4 Å². The molecule has 8 heteroatoms. The lowest BCUT2D eigenvalue weighted by atomic mass is 9.99. The number of piperidine rings is 1. The van der Waals surface area contributed by atoms with Crippen molar-refractivity contribution in [2.45, 2.75) is 25.9 Å². The molecule has 0 amide bonds. The molecule has 6 nitrogen and oxygen atoms in total. The number of nitrogens with zero attached hydrogens (tertiary/aromatic N) is 3. The minimum absolute atomic E-state index is 0.238. The molecule has 33 heavy (non-hydrogen) atoms. The first kappa shape index (κ1) is 22.0. The maximum absolute atomic E-state index is 9.71. The number of hydrogen-bond donors (Lipinski definition) is 3. The van der Waals surface area contributed by atoms with Gasteiger partial charge in [0.15, 0.2) is 0 Å². The van der Waals surface area contributed by atoms with E-state index >= 15 is 0 Å². The van der Waals surface area contributed by atoms with Crippen molar-refractivity contribution in [3.8, 4) is 17.0 Å². The fourth-order valence-electron chi connectivity index (χ4n) is 4.44. The molecule has 1 aliphatic heterocycles. The number of anilines is 1.